The monoisotopic (exact) mass is 296 g/mol. The Morgan fingerprint density at radius 1 is 1.40 bits per heavy atom. The minimum absolute atomic E-state index is 0.0758. The second-order valence-corrected chi connectivity index (χ2v) is 6.00. The summed E-state index contributed by atoms with van der Waals surface area (Å²) in [6, 6.07) is 3.13. The molecule has 0 radical (unpaired) electrons. The second-order valence-electron chi connectivity index (χ2n) is 4.29. The van der Waals surface area contributed by atoms with Crippen molar-refractivity contribution in [3.63, 3.8) is 0 Å². The predicted molar refractivity (Wildman–Crippen MR) is 72.3 cm³/mol. The van der Waals surface area contributed by atoms with Crippen LogP contribution in [0.25, 0.3) is 0 Å². The van der Waals surface area contributed by atoms with Crippen molar-refractivity contribution in [3.8, 4) is 0 Å². The van der Waals surface area contributed by atoms with Crippen LogP contribution in [0.1, 0.15) is 18.5 Å². The van der Waals surface area contributed by atoms with Gasteiger partial charge in [-0.2, -0.15) is 5.10 Å². The molecule has 0 aliphatic carbocycles. The number of sulfonamides is 1. The zero-order chi connectivity index (χ0) is 14.6. The van der Waals surface area contributed by atoms with Gasteiger partial charge in [0.15, 0.2) is 0 Å². The number of nitrogens with zero attached hydrogens (tertiary/aromatic N) is 3. The van der Waals surface area contributed by atoms with E-state index >= 15 is 0 Å². The molecule has 0 aliphatic heterocycles. The van der Waals surface area contributed by atoms with E-state index in [0.717, 1.165) is 5.56 Å². The molecule has 0 aromatic carbocycles. The summed E-state index contributed by atoms with van der Waals surface area (Å²) < 4.78 is 28.3. The van der Waals surface area contributed by atoms with Gasteiger partial charge in [-0.25, -0.2) is 13.1 Å². The van der Waals surface area contributed by atoms with Crippen molar-refractivity contribution >= 4 is 10.0 Å². The highest BCUT2D eigenvalue weighted by Crippen LogP contribution is 2.15. The zero-order valence-electron chi connectivity index (χ0n) is 11.0. The number of rotatable bonds is 6. The molecule has 1 unspecified atom stereocenters. The number of hydrogen-bond acceptors (Lipinski definition) is 5. The molecule has 20 heavy (non-hydrogen) atoms. The number of hydrogen-bond donors (Lipinski definition) is 2. The molecule has 7 nitrogen and oxygen atoms in total. The van der Waals surface area contributed by atoms with Crippen molar-refractivity contribution in [2.45, 2.75) is 24.4 Å². The summed E-state index contributed by atoms with van der Waals surface area (Å²) in [6.07, 6.45) is 5.87. The van der Waals surface area contributed by atoms with E-state index in [4.69, 9.17) is 5.11 Å². The molecule has 1 atom stereocenters. The fraction of sp³-hybridized carbons (Fsp3) is 0.333. The van der Waals surface area contributed by atoms with Crippen LogP contribution >= 0.6 is 0 Å². The standard InChI is InChI=1S/C12H16N4O3S/c1-10(11-2-4-13-5-3-11)15-20(18,19)12-8-14-16(9-12)6-7-17/h2-5,8-10,15,17H,6-7H2,1H3. The lowest BCUT2D eigenvalue weighted by Gasteiger charge is -2.13. The second kappa shape index (κ2) is 6.12. The van der Waals surface area contributed by atoms with Crippen LogP contribution in [0.5, 0.6) is 0 Å². The Morgan fingerprint density at radius 3 is 2.75 bits per heavy atom. The minimum atomic E-state index is -3.64. The lowest BCUT2D eigenvalue weighted by Crippen LogP contribution is -2.26. The van der Waals surface area contributed by atoms with Crippen molar-refractivity contribution in [3.05, 3.63) is 42.5 Å². The fourth-order valence-corrected chi connectivity index (χ4v) is 2.91. The molecular formula is C12H16N4O3S. The molecule has 2 N–H and O–H groups in total. The van der Waals surface area contributed by atoms with E-state index in [2.05, 4.69) is 14.8 Å². The fourth-order valence-electron chi connectivity index (χ4n) is 1.73. The normalized spacial score (nSPS) is 13.3. The highest BCUT2D eigenvalue weighted by molar-refractivity contribution is 7.89. The highest BCUT2D eigenvalue weighted by Gasteiger charge is 2.20. The van der Waals surface area contributed by atoms with Gasteiger partial charge in [0.25, 0.3) is 0 Å². The number of aromatic nitrogens is 3. The number of pyridine rings is 1. The summed E-state index contributed by atoms with van der Waals surface area (Å²) in [7, 11) is -3.64. The van der Waals surface area contributed by atoms with E-state index < -0.39 is 10.0 Å². The van der Waals surface area contributed by atoms with Crippen molar-refractivity contribution < 1.29 is 13.5 Å². The number of aliphatic hydroxyl groups excluding tert-OH is 1. The summed E-state index contributed by atoms with van der Waals surface area (Å²) in [5.41, 5.74) is 0.825. The van der Waals surface area contributed by atoms with Gasteiger partial charge in [0.1, 0.15) is 4.90 Å². The molecule has 2 aromatic rings. The molecule has 2 rings (SSSR count). The maximum atomic E-state index is 12.2. The molecule has 0 saturated heterocycles. The van der Waals surface area contributed by atoms with Crippen molar-refractivity contribution in [1.82, 2.24) is 19.5 Å². The Bertz CT molecular complexity index is 654. The molecule has 0 fully saturated rings. The lowest BCUT2D eigenvalue weighted by molar-refractivity contribution is 0.269. The Balaban J connectivity index is 2.14. The third-order valence-electron chi connectivity index (χ3n) is 2.79. The predicted octanol–water partition coefficient (Wildman–Crippen LogP) is 0.310. The smallest absolute Gasteiger partial charge is 0.244 e. The molecule has 8 heteroatoms. The van der Waals surface area contributed by atoms with Gasteiger partial charge in [-0.15, -0.1) is 0 Å². The van der Waals surface area contributed by atoms with Crippen LogP contribution in [-0.2, 0) is 16.6 Å². The van der Waals surface area contributed by atoms with Crippen LogP contribution in [-0.4, -0.2) is 34.9 Å². The molecule has 0 amide bonds. The summed E-state index contributed by atoms with van der Waals surface area (Å²) >= 11 is 0. The average molecular weight is 296 g/mol. The van der Waals surface area contributed by atoms with Crippen LogP contribution in [0.2, 0.25) is 0 Å². The van der Waals surface area contributed by atoms with Gasteiger partial charge >= 0.3 is 0 Å². The first-order valence-electron chi connectivity index (χ1n) is 6.08. The average Bonchev–Trinajstić information content (AvgIpc) is 2.89. The zero-order valence-corrected chi connectivity index (χ0v) is 11.8. The molecule has 0 spiro atoms. The van der Waals surface area contributed by atoms with Gasteiger partial charge in [-0.3, -0.25) is 9.67 Å². The van der Waals surface area contributed by atoms with E-state index in [1.807, 2.05) is 0 Å². The van der Waals surface area contributed by atoms with Crippen LogP contribution in [0.4, 0.5) is 0 Å². The maximum absolute atomic E-state index is 12.2. The van der Waals surface area contributed by atoms with E-state index in [-0.39, 0.29) is 24.1 Å². The first-order valence-corrected chi connectivity index (χ1v) is 7.57. The summed E-state index contributed by atoms with van der Waals surface area (Å²) in [4.78, 5) is 3.97. The highest BCUT2D eigenvalue weighted by atomic mass is 32.2. The largest absolute Gasteiger partial charge is 0.394 e. The van der Waals surface area contributed by atoms with Crippen molar-refractivity contribution in [2.24, 2.45) is 0 Å². The van der Waals surface area contributed by atoms with Gasteiger partial charge in [-0.1, -0.05) is 0 Å². The third kappa shape index (κ3) is 3.41. The molecule has 0 aliphatic rings. The van der Waals surface area contributed by atoms with E-state index in [9.17, 15) is 8.42 Å². The first kappa shape index (κ1) is 14.6. The number of aliphatic hydroxyl groups is 1. The van der Waals surface area contributed by atoms with Crippen LogP contribution < -0.4 is 4.72 Å². The summed E-state index contributed by atoms with van der Waals surface area (Å²) in [6.45, 7) is 1.92. The molecular weight excluding hydrogens is 280 g/mol. The Kier molecular flexibility index (Phi) is 4.48. The quantitative estimate of drug-likeness (QED) is 0.799. The Labute approximate surface area is 117 Å². The molecule has 2 aromatic heterocycles. The molecule has 0 bridgehead atoms. The molecule has 108 valence electrons. The van der Waals surface area contributed by atoms with Crippen LogP contribution in [0.3, 0.4) is 0 Å². The van der Waals surface area contributed by atoms with Gasteiger partial charge in [0, 0.05) is 24.6 Å². The van der Waals surface area contributed by atoms with Gasteiger partial charge in [0.05, 0.1) is 19.3 Å². The van der Waals surface area contributed by atoms with E-state index in [0.29, 0.717) is 0 Å². The van der Waals surface area contributed by atoms with E-state index in [1.54, 1.807) is 31.5 Å². The maximum Gasteiger partial charge on any atom is 0.244 e. The first-order chi connectivity index (χ1) is 9.53. The van der Waals surface area contributed by atoms with Crippen molar-refractivity contribution in [1.29, 1.82) is 0 Å². The third-order valence-corrected chi connectivity index (χ3v) is 4.28. The minimum Gasteiger partial charge on any atom is -0.394 e. The van der Waals surface area contributed by atoms with Gasteiger partial charge < -0.3 is 5.11 Å². The topological polar surface area (TPSA) is 97.1 Å². The number of nitrogens with one attached hydrogen (secondary N) is 1. The Morgan fingerprint density at radius 2 is 2.10 bits per heavy atom. The summed E-state index contributed by atoms with van der Waals surface area (Å²) in [5.74, 6) is 0. The van der Waals surface area contributed by atoms with Crippen LogP contribution in [0, 0.1) is 0 Å². The van der Waals surface area contributed by atoms with Crippen molar-refractivity contribution in [2.75, 3.05) is 6.61 Å². The van der Waals surface area contributed by atoms with Gasteiger partial charge in [0.2, 0.25) is 10.0 Å². The van der Waals surface area contributed by atoms with Gasteiger partial charge in [-0.05, 0) is 24.6 Å². The Hall–Kier alpha value is -1.77. The molecule has 2 heterocycles. The summed E-state index contributed by atoms with van der Waals surface area (Å²) in [5, 5.41) is 12.7. The lowest BCUT2D eigenvalue weighted by atomic mass is 10.1. The molecule has 0 saturated carbocycles. The SMILES string of the molecule is CC(NS(=O)(=O)c1cnn(CCO)c1)c1ccncc1. The van der Waals surface area contributed by atoms with Crippen LogP contribution in [0.15, 0.2) is 41.8 Å². The van der Waals surface area contributed by atoms with E-state index in [1.165, 1.54) is 17.1 Å².